The fourth-order valence-corrected chi connectivity index (χ4v) is 3.33. The predicted octanol–water partition coefficient (Wildman–Crippen LogP) is 2.50. The van der Waals surface area contributed by atoms with Crippen LogP contribution in [0.25, 0.3) is 0 Å². The van der Waals surface area contributed by atoms with Crippen LogP contribution in [-0.2, 0) is 11.0 Å². The molecule has 1 aromatic rings. The summed E-state index contributed by atoms with van der Waals surface area (Å²) >= 11 is 5.70. The van der Waals surface area contributed by atoms with Gasteiger partial charge >= 0.3 is 13.3 Å². The van der Waals surface area contributed by atoms with Crippen molar-refractivity contribution >= 4 is 50.8 Å². The highest BCUT2D eigenvalue weighted by Crippen LogP contribution is 2.38. The smallest absolute Gasteiger partial charge is 0.426 e. The number of carbonyl (C=O) groups excluding carboxylic acids is 2. The summed E-state index contributed by atoms with van der Waals surface area (Å²) in [4.78, 5) is 24.1. The fraction of sp³-hybridized carbons (Fsp3) is 0.467. The summed E-state index contributed by atoms with van der Waals surface area (Å²) in [5.41, 5.74) is -1.34. The molecule has 0 saturated heterocycles. The topological polar surface area (TPSA) is 98.7 Å². The van der Waals surface area contributed by atoms with E-state index >= 15 is 0 Å². The molecule has 4 N–H and O–H groups in total. The van der Waals surface area contributed by atoms with Gasteiger partial charge in [0.15, 0.2) is 0 Å². The summed E-state index contributed by atoms with van der Waals surface area (Å²) < 4.78 is 38.7. The van der Waals surface area contributed by atoms with Crippen LogP contribution in [0, 0.1) is 5.92 Å². The van der Waals surface area contributed by atoms with Gasteiger partial charge in [0.2, 0.25) is 5.91 Å². The van der Waals surface area contributed by atoms with Crippen molar-refractivity contribution in [3.05, 3.63) is 32.2 Å². The number of nitrogens with one attached hydrogen (secondary N) is 2. The maximum Gasteiger partial charge on any atom is 0.475 e. The van der Waals surface area contributed by atoms with Gasteiger partial charge in [-0.25, -0.2) is 0 Å². The highest BCUT2D eigenvalue weighted by molar-refractivity contribution is 9.11. The van der Waals surface area contributed by atoms with Crippen LogP contribution >= 0.6 is 31.9 Å². The van der Waals surface area contributed by atoms with Crippen molar-refractivity contribution in [2.75, 3.05) is 6.54 Å². The Kier molecular flexibility index (Phi) is 8.77. The number of benzene rings is 1. The van der Waals surface area contributed by atoms with Gasteiger partial charge < -0.3 is 20.7 Å². The second-order valence-corrected chi connectivity index (χ2v) is 7.92. The molecule has 27 heavy (non-hydrogen) atoms. The third-order valence-electron chi connectivity index (χ3n) is 3.43. The Balaban J connectivity index is 2.83. The molecule has 0 aliphatic heterocycles. The normalized spacial score (nSPS) is 12.7. The largest absolute Gasteiger partial charge is 0.475 e. The van der Waals surface area contributed by atoms with Crippen molar-refractivity contribution in [2.24, 2.45) is 5.92 Å². The second-order valence-electron chi connectivity index (χ2n) is 6.21. The van der Waals surface area contributed by atoms with Gasteiger partial charge in [0.1, 0.15) is 0 Å². The Morgan fingerprint density at radius 1 is 1.22 bits per heavy atom. The van der Waals surface area contributed by atoms with Crippen LogP contribution in [0.15, 0.2) is 21.1 Å². The molecule has 0 unspecified atom stereocenters. The van der Waals surface area contributed by atoms with Gasteiger partial charge in [-0.15, -0.1) is 0 Å². The number of carbonyl (C=O) groups is 2. The molecule has 0 fully saturated rings. The molecule has 0 bridgehead atoms. The number of amides is 2. The Labute approximate surface area is 171 Å². The quantitative estimate of drug-likeness (QED) is 0.418. The molecule has 1 rings (SSSR count). The van der Waals surface area contributed by atoms with E-state index in [1.165, 1.54) is 6.07 Å². The first-order valence-electron chi connectivity index (χ1n) is 7.82. The summed E-state index contributed by atoms with van der Waals surface area (Å²) in [6.07, 6.45) is -4.38. The summed E-state index contributed by atoms with van der Waals surface area (Å²) in [5.74, 6) is -2.45. The molecule has 2 amide bonds. The molecular weight excluding hydrogens is 500 g/mol. The molecule has 0 radical (unpaired) electrons. The fourth-order valence-electron chi connectivity index (χ4n) is 2.24. The van der Waals surface area contributed by atoms with E-state index in [2.05, 4.69) is 42.5 Å². The van der Waals surface area contributed by atoms with Crippen molar-refractivity contribution in [3.63, 3.8) is 0 Å². The molecule has 0 aromatic heterocycles. The van der Waals surface area contributed by atoms with E-state index in [9.17, 15) is 32.8 Å². The van der Waals surface area contributed by atoms with E-state index in [0.29, 0.717) is 6.42 Å². The summed E-state index contributed by atoms with van der Waals surface area (Å²) in [6.45, 7) is 3.11. The standard InChI is InChI=1S/C15H18BBr2F3N2O4/c1-7(2)3-11(16(26)27)23-12(24)6-22-14(25)9-4-8(17)5-10(13(9)18)15(19,20)21/h4-5,7,11,26-27H,3,6H2,1-2H3,(H,22,25)(H,23,24)/t11-/m0/s1. The molecule has 1 aromatic carbocycles. The lowest BCUT2D eigenvalue weighted by atomic mass is 9.75. The minimum atomic E-state index is -4.67. The summed E-state index contributed by atoms with van der Waals surface area (Å²) in [6, 6.07) is 2.01. The van der Waals surface area contributed by atoms with Gasteiger partial charge in [0.05, 0.1) is 23.6 Å². The van der Waals surface area contributed by atoms with Crippen molar-refractivity contribution in [1.29, 1.82) is 0 Å². The molecule has 0 aliphatic rings. The summed E-state index contributed by atoms with van der Waals surface area (Å²) in [5, 5.41) is 23.1. The molecule has 150 valence electrons. The van der Waals surface area contributed by atoms with E-state index in [4.69, 9.17) is 0 Å². The third-order valence-corrected chi connectivity index (χ3v) is 4.74. The lowest BCUT2D eigenvalue weighted by Crippen LogP contribution is -2.50. The molecule has 12 heteroatoms. The highest BCUT2D eigenvalue weighted by Gasteiger charge is 2.35. The second kappa shape index (κ2) is 9.90. The maximum atomic E-state index is 13.0. The van der Waals surface area contributed by atoms with Gasteiger partial charge in [-0.2, -0.15) is 13.2 Å². The minimum Gasteiger partial charge on any atom is -0.426 e. The van der Waals surface area contributed by atoms with Crippen LogP contribution in [0.4, 0.5) is 13.2 Å². The Morgan fingerprint density at radius 3 is 2.30 bits per heavy atom. The monoisotopic (exact) mass is 516 g/mol. The van der Waals surface area contributed by atoms with Crippen molar-refractivity contribution < 1.29 is 32.8 Å². The first-order chi connectivity index (χ1) is 12.3. The average molecular weight is 518 g/mol. The molecule has 0 aliphatic carbocycles. The number of rotatable bonds is 7. The van der Waals surface area contributed by atoms with Gasteiger partial charge in [0, 0.05) is 8.95 Å². The molecule has 6 nitrogen and oxygen atoms in total. The zero-order valence-corrected chi connectivity index (χ0v) is 17.6. The first-order valence-corrected chi connectivity index (χ1v) is 9.41. The van der Waals surface area contributed by atoms with Crippen molar-refractivity contribution in [2.45, 2.75) is 32.4 Å². The molecule has 0 heterocycles. The number of hydrogen-bond donors (Lipinski definition) is 4. The van der Waals surface area contributed by atoms with Gasteiger partial charge in [-0.3, -0.25) is 9.59 Å². The van der Waals surface area contributed by atoms with Crippen molar-refractivity contribution in [3.8, 4) is 0 Å². The lowest BCUT2D eigenvalue weighted by molar-refractivity contribution is -0.138. The van der Waals surface area contributed by atoms with Crippen LogP contribution < -0.4 is 10.6 Å². The zero-order chi connectivity index (χ0) is 20.9. The molecule has 0 spiro atoms. The van der Waals surface area contributed by atoms with Crippen LogP contribution in [-0.4, -0.2) is 41.5 Å². The summed E-state index contributed by atoms with van der Waals surface area (Å²) in [7, 11) is -1.78. The van der Waals surface area contributed by atoms with E-state index in [1.54, 1.807) is 0 Å². The number of hydrogen-bond acceptors (Lipinski definition) is 4. The Morgan fingerprint density at radius 2 is 1.81 bits per heavy atom. The number of halogens is 5. The number of alkyl halides is 3. The maximum absolute atomic E-state index is 13.0. The lowest BCUT2D eigenvalue weighted by Gasteiger charge is -2.20. The van der Waals surface area contributed by atoms with E-state index in [-0.39, 0.29) is 16.0 Å². The van der Waals surface area contributed by atoms with Gasteiger partial charge in [-0.1, -0.05) is 29.8 Å². The molecule has 0 saturated carbocycles. The Hall–Kier alpha value is -1.11. The van der Waals surface area contributed by atoms with E-state index in [0.717, 1.165) is 6.07 Å². The third kappa shape index (κ3) is 7.43. The van der Waals surface area contributed by atoms with Crippen molar-refractivity contribution in [1.82, 2.24) is 10.6 Å². The molecule has 1 atom stereocenters. The van der Waals surface area contributed by atoms with Gasteiger partial charge in [-0.05, 0) is 40.4 Å². The van der Waals surface area contributed by atoms with Crippen LogP contribution in [0.3, 0.4) is 0 Å². The Bertz CT molecular complexity index is 702. The zero-order valence-electron chi connectivity index (χ0n) is 14.4. The van der Waals surface area contributed by atoms with E-state index < -0.39 is 47.6 Å². The SMILES string of the molecule is CC(C)C[C@H](NC(=O)CNC(=O)c1cc(Br)cc(C(F)(F)F)c1Br)B(O)O. The predicted molar refractivity (Wildman–Crippen MR) is 101 cm³/mol. The van der Waals surface area contributed by atoms with E-state index in [1.807, 2.05) is 13.8 Å². The minimum absolute atomic E-state index is 0.0491. The van der Waals surface area contributed by atoms with Crippen LogP contribution in [0.5, 0.6) is 0 Å². The average Bonchev–Trinajstić information content (AvgIpc) is 2.52. The first kappa shape index (κ1) is 23.9. The highest BCUT2D eigenvalue weighted by atomic mass is 79.9. The van der Waals surface area contributed by atoms with Crippen LogP contribution in [0.2, 0.25) is 0 Å². The van der Waals surface area contributed by atoms with Crippen LogP contribution in [0.1, 0.15) is 36.2 Å². The molecular formula is C15H18BBr2F3N2O4. The van der Waals surface area contributed by atoms with Gasteiger partial charge in [0.25, 0.3) is 5.91 Å².